The Labute approximate surface area is 109 Å². The van der Waals surface area contributed by atoms with Gasteiger partial charge < -0.3 is 16.2 Å². The molecule has 100 valence electrons. The van der Waals surface area contributed by atoms with Crippen LogP contribution in [0.15, 0.2) is 24.4 Å². The van der Waals surface area contributed by atoms with Crippen LogP contribution < -0.4 is 11.1 Å². The van der Waals surface area contributed by atoms with Crippen molar-refractivity contribution in [2.24, 2.45) is 0 Å². The number of nitrogens with two attached hydrogens (primary N) is 1. The molecule has 0 amide bonds. The SMILES string of the molecule is Nc1ccc(F)c2ccnc(NCCCC(=O)O)c12. The molecule has 1 aromatic heterocycles. The lowest BCUT2D eigenvalue weighted by atomic mass is 10.1. The molecule has 0 saturated heterocycles. The molecule has 0 aliphatic rings. The number of hydrogen-bond acceptors (Lipinski definition) is 4. The van der Waals surface area contributed by atoms with Crippen molar-refractivity contribution in [1.29, 1.82) is 0 Å². The highest BCUT2D eigenvalue weighted by molar-refractivity contribution is 6.00. The Balaban J connectivity index is 2.23. The van der Waals surface area contributed by atoms with Gasteiger partial charge in [0, 0.05) is 30.2 Å². The second-order valence-electron chi connectivity index (χ2n) is 4.14. The molecule has 2 aromatic rings. The maximum Gasteiger partial charge on any atom is 0.303 e. The van der Waals surface area contributed by atoms with E-state index in [4.69, 9.17) is 10.8 Å². The molecule has 1 heterocycles. The molecule has 0 unspecified atom stereocenters. The second-order valence-corrected chi connectivity index (χ2v) is 4.14. The van der Waals surface area contributed by atoms with Gasteiger partial charge in [0.1, 0.15) is 11.6 Å². The molecule has 0 aliphatic carbocycles. The number of aliphatic carboxylic acids is 1. The fourth-order valence-corrected chi connectivity index (χ4v) is 1.87. The van der Waals surface area contributed by atoms with Crippen LogP contribution in [0.1, 0.15) is 12.8 Å². The van der Waals surface area contributed by atoms with Crippen LogP contribution in [0.2, 0.25) is 0 Å². The van der Waals surface area contributed by atoms with E-state index in [1.54, 1.807) is 6.07 Å². The number of nitrogens with one attached hydrogen (secondary N) is 1. The van der Waals surface area contributed by atoms with Crippen molar-refractivity contribution in [2.45, 2.75) is 12.8 Å². The van der Waals surface area contributed by atoms with Gasteiger partial charge in [-0.15, -0.1) is 0 Å². The Hall–Kier alpha value is -2.37. The lowest BCUT2D eigenvalue weighted by Gasteiger charge is -2.10. The van der Waals surface area contributed by atoms with Gasteiger partial charge in [-0.1, -0.05) is 0 Å². The fraction of sp³-hybridized carbons (Fsp3) is 0.231. The highest BCUT2D eigenvalue weighted by Gasteiger charge is 2.09. The Kier molecular flexibility index (Phi) is 3.79. The number of anilines is 2. The minimum atomic E-state index is -0.849. The normalized spacial score (nSPS) is 10.6. The number of nitrogen functional groups attached to an aromatic ring is 1. The number of carboxylic acid groups (broad SMARTS) is 1. The molecule has 0 fully saturated rings. The van der Waals surface area contributed by atoms with Crippen LogP contribution in [0.3, 0.4) is 0 Å². The number of halogens is 1. The summed E-state index contributed by atoms with van der Waals surface area (Å²) in [5.41, 5.74) is 6.27. The van der Waals surface area contributed by atoms with Gasteiger partial charge >= 0.3 is 5.97 Å². The van der Waals surface area contributed by atoms with Crippen molar-refractivity contribution in [3.8, 4) is 0 Å². The molecule has 0 saturated carbocycles. The smallest absolute Gasteiger partial charge is 0.303 e. The maximum atomic E-state index is 13.7. The van der Waals surface area contributed by atoms with Crippen LogP contribution in [0.4, 0.5) is 15.9 Å². The lowest BCUT2D eigenvalue weighted by molar-refractivity contribution is -0.137. The molecule has 2 rings (SSSR count). The van der Waals surface area contributed by atoms with Gasteiger partial charge in [-0.2, -0.15) is 0 Å². The molecule has 0 spiro atoms. The fourth-order valence-electron chi connectivity index (χ4n) is 1.87. The third kappa shape index (κ3) is 2.90. The zero-order valence-corrected chi connectivity index (χ0v) is 10.2. The van der Waals surface area contributed by atoms with E-state index >= 15 is 0 Å². The first-order valence-electron chi connectivity index (χ1n) is 5.88. The van der Waals surface area contributed by atoms with Crippen LogP contribution in [0.25, 0.3) is 10.8 Å². The van der Waals surface area contributed by atoms with Crippen molar-refractivity contribution in [2.75, 3.05) is 17.6 Å². The predicted octanol–water partition coefficient (Wildman–Crippen LogP) is 2.23. The van der Waals surface area contributed by atoms with Crippen molar-refractivity contribution < 1.29 is 14.3 Å². The summed E-state index contributed by atoms with van der Waals surface area (Å²) in [6.45, 7) is 0.439. The molecular formula is C13H14FN3O2. The molecule has 6 heteroatoms. The van der Waals surface area contributed by atoms with E-state index in [2.05, 4.69) is 10.3 Å². The monoisotopic (exact) mass is 263 g/mol. The summed E-state index contributed by atoms with van der Waals surface area (Å²) >= 11 is 0. The standard InChI is InChI=1S/C13H14FN3O2/c14-9-3-4-10(15)12-8(9)5-7-17-13(12)16-6-1-2-11(18)19/h3-5,7H,1-2,6,15H2,(H,16,17)(H,18,19). The van der Waals surface area contributed by atoms with E-state index in [0.29, 0.717) is 35.2 Å². The van der Waals surface area contributed by atoms with Gasteiger partial charge in [0.25, 0.3) is 0 Å². The Morgan fingerprint density at radius 2 is 2.21 bits per heavy atom. The zero-order valence-electron chi connectivity index (χ0n) is 10.2. The molecule has 1 aromatic carbocycles. The predicted molar refractivity (Wildman–Crippen MR) is 71.5 cm³/mol. The Morgan fingerprint density at radius 1 is 1.42 bits per heavy atom. The van der Waals surface area contributed by atoms with Gasteiger partial charge in [-0.25, -0.2) is 9.37 Å². The Morgan fingerprint density at radius 3 is 2.95 bits per heavy atom. The number of nitrogens with zero attached hydrogens (tertiary/aromatic N) is 1. The molecule has 19 heavy (non-hydrogen) atoms. The number of carbonyl (C=O) groups is 1. The third-order valence-electron chi connectivity index (χ3n) is 2.77. The van der Waals surface area contributed by atoms with Gasteiger partial charge in [-0.3, -0.25) is 4.79 Å². The van der Waals surface area contributed by atoms with E-state index in [-0.39, 0.29) is 12.2 Å². The van der Waals surface area contributed by atoms with E-state index in [9.17, 15) is 9.18 Å². The molecule has 0 aliphatic heterocycles. The Bertz CT molecular complexity index is 616. The van der Waals surface area contributed by atoms with Crippen molar-refractivity contribution >= 4 is 28.2 Å². The van der Waals surface area contributed by atoms with E-state index in [1.165, 1.54) is 18.3 Å². The number of fused-ring (bicyclic) bond motifs is 1. The number of aromatic nitrogens is 1. The van der Waals surface area contributed by atoms with Crippen LogP contribution in [-0.4, -0.2) is 22.6 Å². The minimum absolute atomic E-state index is 0.0710. The molecule has 4 N–H and O–H groups in total. The summed E-state index contributed by atoms with van der Waals surface area (Å²) in [5, 5.41) is 12.5. The maximum absolute atomic E-state index is 13.7. The average molecular weight is 263 g/mol. The number of rotatable bonds is 5. The molecule has 0 radical (unpaired) electrons. The molecular weight excluding hydrogens is 249 g/mol. The van der Waals surface area contributed by atoms with Crippen molar-refractivity contribution in [3.05, 3.63) is 30.2 Å². The van der Waals surface area contributed by atoms with Crippen LogP contribution in [-0.2, 0) is 4.79 Å². The summed E-state index contributed by atoms with van der Waals surface area (Å²) < 4.78 is 13.7. The topological polar surface area (TPSA) is 88.2 Å². The zero-order chi connectivity index (χ0) is 13.8. The summed E-state index contributed by atoms with van der Waals surface area (Å²) in [4.78, 5) is 14.5. The quantitative estimate of drug-likeness (QED) is 0.568. The summed E-state index contributed by atoms with van der Waals surface area (Å²) in [6.07, 6.45) is 2.02. The largest absolute Gasteiger partial charge is 0.481 e. The van der Waals surface area contributed by atoms with Gasteiger partial charge in [0.15, 0.2) is 0 Å². The highest BCUT2D eigenvalue weighted by Crippen LogP contribution is 2.28. The third-order valence-corrected chi connectivity index (χ3v) is 2.77. The first-order valence-corrected chi connectivity index (χ1v) is 5.88. The number of pyridine rings is 1. The highest BCUT2D eigenvalue weighted by atomic mass is 19.1. The first-order chi connectivity index (χ1) is 9.09. The first kappa shape index (κ1) is 13.1. The van der Waals surface area contributed by atoms with Crippen LogP contribution in [0, 0.1) is 5.82 Å². The number of carboxylic acids is 1. The van der Waals surface area contributed by atoms with Crippen LogP contribution in [0.5, 0.6) is 0 Å². The van der Waals surface area contributed by atoms with E-state index in [1.807, 2.05) is 0 Å². The summed E-state index contributed by atoms with van der Waals surface area (Å²) in [7, 11) is 0. The number of benzene rings is 1. The van der Waals surface area contributed by atoms with E-state index < -0.39 is 5.97 Å². The summed E-state index contributed by atoms with van der Waals surface area (Å²) in [6, 6.07) is 4.36. The minimum Gasteiger partial charge on any atom is -0.481 e. The lowest BCUT2D eigenvalue weighted by Crippen LogP contribution is -2.07. The second kappa shape index (κ2) is 5.51. The summed E-state index contributed by atoms with van der Waals surface area (Å²) in [5.74, 6) is -0.738. The molecule has 0 atom stereocenters. The van der Waals surface area contributed by atoms with Crippen LogP contribution >= 0.6 is 0 Å². The van der Waals surface area contributed by atoms with Crippen molar-refractivity contribution in [3.63, 3.8) is 0 Å². The molecule has 5 nitrogen and oxygen atoms in total. The van der Waals surface area contributed by atoms with Gasteiger partial charge in [-0.05, 0) is 24.6 Å². The number of hydrogen-bond donors (Lipinski definition) is 3. The van der Waals surface area contributed by atoms with Crippen molar-refractivity contribution in [1.82, 2.24) is 4.98 Å². The van der Waals surface area contributed by atoms with Gasteiger partial charge in [0.05, 0.1) is 5.39 Å². The van der Waals surface area contributed by atoms with E-state index in [0.717, 1.165) is 0 Å². The molecule has 0 bridgehead atoms. The average Bonchev–Trinajstić information content (AvgIpc) is 2.39. The van der Waals surface area contributed by atoms with Gasteiger partial charge in [0.2, 0.25) is 0 Å².